The van der Waals surface area contributed by atoms with E-state index in [2.05, 4.69) is 24.0 Å². The fourth-order valence-corrected chi connectivity index (χ4v) is 7.11. The van der Waals surface area contributed by atoms with Crippen molar-refractivity contribution in [3.63, 3.8) is 0 Å². The number of nitrogens with zero attached hydrogens (tertiary/aromatic N) is 1. The number of ether oxygens (including phenoxy) is 3. The van der Waals surface area contributed by atoms with Crippen LogP contribution in [0, 0.1) is 5.92 Å². The fourth-order valence-electron chi connectivity index (χ4n) is 7.11. The summed E-state index contributed by atoms with van der Waals surface area (Å²) in [5.41, 5.74) is 1.47. The Balaban J connectivity index is 1.47. The monoisotopic (exact) mass is 413 g/mol. The molecule has 3 fully saturated rings. The maximum absolute atomic E-state index is 12.4. The Morgan fingerprint density at radius 2 is 2.10 bits per heavy atom. The summed E-state index contributed by atoms with van der Waals surface area (Å²) in [6.07, 6.45) is 8.23. The minimum Gasteiger partial charge on any atom is -0.490 e. The van der Waals surface area contributed by atoms with Crippen LogP contribution in [0.1, 0.15) is 63.0 Å². The molecule has 5 atom stereocenters. The van der Waals surface area contributed by atoms with Crippen LogP contribution in [-0.2, 0) is 16.6 Å². The number of aliphatic hydroxyl groups is 1. The molecular formula is C25H35NO4. The molecular weight excluding hydrogens is 378 g/mol. The van der Waals surface area contributed by atoms with Crippen molar-refractivity contribution in [2.24, 2.45) is 5.92 Å². The molecule has 1 saturated heterocycles. The predicted octanol–water partition coefficient (Wildman–Crippen LogP) is 3.44. The van der Waals surface area contributed by atoms with Gasteiger partial charge >= 0.3 is 0 Å². The number of unbranched alkanes of at least 4 members (excludes halogenated alkanes) is 1. The highest BCUT2D eigenvalue weighted by molar-refractivity contribution is 5.63. The summed E-state index contributed by atoms with van der Waals surface area (Å²) < 4.78 is 18.8. The Labute approximate surface area is 179 Å². The molecule has 1 unspecified atom stereocenters. The van der Waals surface area contributed by atoms with Gasteiger partial charge in [-0.05, 0) is 69.0 Å². The Bertz CT molecular complexity index is 839. The van der Waals surface area contributed by atoms with Crippen molar-refractivity contribution < 1.29 is 19.3 Å². The van der Waals surface area contributed by atoms with Crippen LogP contribution in [0.5, 0.6) is 11.5 Å². The Kier molecular flexibility index (Phi) is 4.43. The van der Waals surface area contributed by atoms with Crippen molar-refractivity contribution >= 4 is 0 Å². The zero-order valence-electron chi connectivity index (χ0n) is 18.4. The zero-order valence-corrected chi connectivity index (χ0v) is 18.4. The summed E-state index contributed by atoms with van der Waals surface area (Å²) in [5.74, 6) is 2.58. The van der Waals surface area contributed by atoms with Gasteiger partial charge in [-0.1, -0.05) is 19.4 Å². The second kappa shape index (κ2) is 6.85. The largest absolute Gasteiger partial charge is 0.490 e. The van der Waals surface area contributed by atoms with E-state index in [1.165, 1.54) is 24.0 Å². The number of benzene rings is 1. The molecule has 5 heteroatoms. The summed E-state index contributed by atoms with van der Waals surface area (Å²) in [7, 11) is 1.79. The molecule has 0 radical (unpaired) electrons. The lowest BCUT2D eigenvalue weighted by atomic mass is 9.48. The average molecular weight is 414 g/mol. The second-order valence-electron chi connectivity index (χ2n) is 10.3. The van der Waals surface area contributed by atoms with Crippen LogP contribution in [0.15, 0.2) is 12.1 Å². The van der Waals surface area contributed by atoms with Crippen LogP contribution >= 0.6 is 0 Å². The molecule has 164 valence electrons. The molecule has 5 nitrogen and oxygen atoms in total. The fraction of sp³-hybridized carbons (Fsp3) is 0.760. The first-order valence-corrected chi connectivity index (χ1v) is 12.1. The van der Waals surface area contributed by atoms with E-state index in [9.17, 15) is 5.11 Å². The standard InChI is InChI=1S/C25H35NO4/c1-3-4-13-29-18-8-7-17-14-20-25(27)10-9-19(28-2)23-24(25,21(17)22(18)30-23)11-12-26(20)15-16-5-6-16/h7-8,16,19-20,23,27H,3-6,9-15H2,1-2H3/t19?,20-,23+,24+,25-/m1/s1. The van der Waals surface area contributed by atoms with Crippen LogP contribution in [0.4, 0.5) is 0 Å². The van der Waals surface area contributed by atoms with Gasteiger partial charge in [0.1, 0.15) is 6.10 Å². The van der Waals surface area contributed by atoms with E-state index >= 15 is 0 Å². The van der Waals surface area contributed by atoms with E-state index in [1.807, 2.05) is 0 Å². The van der Waals surface area contributed by atoms with Crippen LogP contribution in [0.3, 0.4) is 0 Å². The molecule has 1 aromatic rings. The number of piperidine rings is 1. The number of methoxy groups -OCH3 is 1. The van der Waals surface area contributed by atoms with E-state index in [1.54, 1.807) is 7.11 Å². The van der Waals surface area contributed by atoms with E-state index in [-0.39, 0.29) is 23.7 Å². The van der Waals surface area contributed by atoms with Gasteiger partial charge < -0.3 is 19.3 Å². The van der Waals surface area contributed by atoms with Crippen molar-refractivity contribution in [3.8, 4) is 11.5 Å². The van der Waals surface area contributed by atoms with Crippen LogP contribution in [-0.4, -0.2) is 60.7 Å². The Hall–Kier alpha value is -1.30. The minimum absolute atomic E-state index is 0.0164. The second-order valence-corrected chi connectivity index (χ2v) is 10.3. The lowest BCUT2D eigenvalue weighted by molar-refractivity contribution is -0.211. The highest BCUT2D eigenvalue weighted by Gasteiger charge is 2.73. The third kappa shape index (κ3) is 2.46. The normalized spacial score (nSPS) is 38.8. The number of rotatable bonds is 7. The number of likely N-dealkylation sites (tertiary alicyclic amines) is 1. The molecule has 3 aliphatic carbocycles. The van der Waals surface area contributed by atoms with Gasteiger partial charge in [0, 0.05) is 25.3 Å². The molecule has 2 bridgehead atoms. The zero-order chi connectivity index (χ0) is 20.5. The summed E-state index contributed by atoms with van der Waals surface area (Å²) in [4.78, 5) is 2.61. The third-order valence-electron chi connectivity index (χ3n) is 8.75. The Morgan fingerprint density at radius 3 is 2.87 bits per heavy atom. The van der Waals surface area contributed by atoms with Gasteiger partial charge in [0.2, 0.25) is 0 Å². The summed E-state index contributed by atoms with van der Waals surface area (Å²) in [6, 6.07) is 4.53. The molecule has 2 heterocycles. The molecule has 0 amide bonds. The first-order chi connectivity index (χ1) is 14.6. The van der Waals surface area contributed by atoms with Crippen molar-refractivity contribution in [2.75, 3.05) is 26.8 Å². The van der Waals surface area contributed by atoms with Crippen molar-refractivity contribution in [1.82, 2.24) is 4.90 Å². The molecule has 1 N–H and O–H groups in total. The molecule has 0 aromatic heterocycles. The number of hydrogen-bond donors (Lipinski definition) is 1. The highest BCUT2D eigenvalue weighted by Crippen LogP contribution is 2.65. The van der Waals surface area contributed by atoms with Gasteiger partial charge in [0.15, 0.2) is 11.5 Å². The molecule has 1 aromatic carbocycles. The van der Waals surface area contributed by atoms with Crippen LogP contribution in [0.2, 0.25) is 0 Å². The molecule has 6 rings (SSSR count). The van der Waals surface area contributed by atoms with Crippen molar-refractivity contribution in [1.29, 1.82) is 0 Å². The summed E-state index contributed by atoms with van der Waals surface area (Å²) >= 11 is 0. The minimum atomic E-state index is -0.750. The molecule has 2 aliphatic heterocycles. The summed E-state index contributed by atoms with van der Waals surface area (Å²) in [6.45, 7) is 5.07. The van der Waals surface area contributed by atoms with Gasteiger partial charge in [0.25, 0.3) is 0 Å². The SMILES string of the molecule is CCCCOc1ccc2c3c1O[C@H]1C(OC)CC[C@@]4(O)[C@@H](C2)N(CC2CC2)CC[C@]314. The average Bonchev–Trinajstić information content (AvgIpc) is 3.48. The topological polar surface area (TPSA) is 51.2 Å². The number of hydrogen-bond acceptors (Lipinski definition) is 5. The lowest BCUT2D eigenvalue weighted by Crippen LogP contribution is -2.77. The van der Waals surface area contributed by atoms with Gasteiger partial charge in [0.05, 0.1) is 23.7 Å². The van der Waals surface area contributed by atoms with Crippen LogP contribution in [0.25, 0.3) is 0 Å². The summed E-state index contributed by atoms with van der Waals surface area (Å²) in [5, 5.41) is 12.4. The molecule has 2 saturated carbocycles. The smallest absolute Gasteiger partial charge is 0.166 e. The highest BCUT2D eigenvalue weighted by atomic mass is 16.6. The van der Waals surface area contributed by atoms with Gasteiger partial charge in [-0.15, -0.1) is 0 Å². The van der Waals surface area contributed by atoms with Crippen LogP contribution < -0.4 is 9.47 Å². The molecule has 1 spiro atoms. The molecule has 30 heavy (non-hydrogen) atoms. The maximum atomic E-state index is 12.4. The van der Waals surface area contributed by atoms with E-state index in [0.29, 0.717) is 6.61 Å². The third-order valence-corrected chi connectivity index (χ3v) is 8.75. The van der Waals surface area contributed by atoms with E-state index in [4.69, 9.17) is 14.2 Å². The Morgan fingerprint density at radius 1 is 1.23 bits per heavy atom. The first-order valence-electron chi connectivity index (χ1n) is 12.1. The van der Waals surface area contributed by atoms with Gasteiger partial charge in [-0.25, -0.2) is 0 Å². The van der Waals surface area contributed by atoms with Gasteiger partial charge in [-0.3, -0.25) is 4.90 Å². The first kappa shape index (κ1) is 19.4. The van der Waals surface area contributed by atoms with Gasteiger partial charge in [-0.2, -0.15) is 0 Å². The quantitative estimate of drug-likeness (QED) is 0.694. The van der Waals surface area contributed by atoms with E-state index < -0.39 is 5.60 Å². The maximum Gasteiger partial charge on any atom is 0.166 e. The van der Waals surface area contributed by atoms with Crippen molar-refractivity contribution in [2.45, 2.75) is 87.6 Å². The molecule has 5 aliphatic rings. The lowest BCUT2D eigenvalue weighted by Gasteiger charge is -2.64. The van der Waals surface area contributed by atoms with E-state index in [0.717, 1.165) is 69.0 Å². The van der Waals surface area contributed by atoms with Crippen molar-refractivity contribution in [3.05, 3.63) is 23.3 Å². The predicted molar refractivity (Wildman–Crippen MR) is 114 cm³/mol.